The Hall–Kier alpha value is -1.00. The van der Waals surface area contributed by atoms with Crippen LogP contribution in [0.1, 0.15) is 39.3 Å². The van der Waals surface area contributed by atoms with Gasteiger partial charge in [-0.25, -0.2) is 4.39 Å². The van der Waals surface area contributed by atoms with Gasteiger partial charge < -0.3 is 10.8 Å². The Kier molecular flexibility index (Phi) is 4.22. The molecule has 0 spiro atoms. The van der Waals surface area contributed by atoms with E-state index in [0.29, 0.717) is 18.7 Å². The third-order valence-electron chi connectivity index (χ3n) is 3.89. The highest BCUT2D eigenvalue weighted by molar-refractivity contribution is 5.18. The van der Waals surface area contributed by atoms with Crippen LogP contribution in [-0.4, -0.2) is 16.6 Å². The van der Waals surface area contributed by atoms with Crippen molar-refractivity contribution in [1.29, 1.82) is 0 Å². The first kappa shape index (κ1) is 14.1. The Morgan fingerprint density at radius 3 is 2.35 bits per heavy atom. The second kappa shape index (κ2) is 5.10. The number of aliphatic hydroxyl groups is 1. The van der Waals surface area contributed by atoms with E-state index in [4.69, 9.17) is 5.73 Å². The van der Waals surface area contributed by atoms with Crippen LogP contribution < -0.4 is 5.73 Å². The molecule has 0 fully saturated rings. The molecule has 0 bridgehead atoms. The fourth-order valence-corrected chi connectivity index (χ4v) is 2.14. The number of rotatable bonds is 5. The minimum atomic E-state index is -1.12. The molecule has 1 aromatic heterocycles. The van der Waals surface area contributed by atoms with Gasteiger partial charge in [-0.1, -0.05) is 20.8 Å². The molecule has 0 aliphatic carbocycles. The van der Waals surface area contributed by atoms with Gasteiger partial charge in [0.25, 0.3) is 0 Å². The lowest BCUT2D eigenvalue weighted by Gasteiger charge is -2.43. The van der Waals surface area contributed by atoms with Crippen LogP contribution in [0, 0.1) is 11.2 Å². The topological polar surface area (TPSA) is 59.1 Å². The first-order chi connectivity index (χ1) is 7.93. The van der Waals surface area contributed by atoms with Crippen molar-refractivity contribution < 1.29 is 9.50 Å². The zero-order chi connectivity index (χ0) is 13.1. The monoisotopic (exact) mass is 240 g/mol. The minimum absolute atomic E-state index is 0.354. The maximum Gasteiger partial charge on any atom is 0.141 e. The molecule has 1 rings (SSSR count). The van der Waals surface area contributed by atoms with Gasteiger partial charge in [0.05, 0.1) is 11.9 Å². The molecule has 1 heterocycles. The van der Waals surface area contributed by atoms with Gasteiger partial charge in [-0.05, 0) is 25.0 Å². The largest absolute Gasteiger partial charge is 0.383 e. The van der Waals surface area contributed by atoms with Crippen molar-refractivity contribution in [2.75, 3.05) is 6.54 Å². The van der Waals surface area contributed by atoms with Gasteiger partial charge in [0.15, 0.2) is 0 Å². The van der Waals surface area contributed by atoms with Gasteiger partial charge in [0.1, 0.15) is 11.4 Å². The first-order valence-electron chi connectivity index (χ1n) is 5.98. The Morgan fingerprint density at radius 1 is 1.35 bits per heavy atom. The maximum atomic E-state index is 12.9. The van der Waals surface area contributed by atoms with E-state index in [1.807, 2.05) is 20.8 Å². The second-order valence-corrected chi connectivity index (χ2v) is 4.69. The summed E-state index contributed by atoms with van der Waals surface area (Å²) in [6, 6.07) is 2.85. The number of aromatic nitrogens is 1. The summed E-state index contributed by atoms with van der Waals surface area (Å²) < 4.78 is 12.9. The number of nitrogens with two attached hydrogens (primary N) is 1. The lowest BCUT2D eigenvalue weighted by molar-refractivity contribution is -0.0872. The summed E-state index contributed by atoms with van der Waals surface area (Å²) in [5.74, 6) is -0.404. The summed E-state index contributed by atoms with van der Waals surface area (Å²) in [7, 11) is 0. The summed E-state index contributed by atoms with van der Waals surface area (Å²) in [6.45, 7) is 6.15. The molecule has 4 heteroatoms. The van der Waals surface area contributed by atoms with Crippen LogP contribution in [0.15, 0.2) is 18.3 Å². The Bertz CT molecular complexity index is 362. The van der Waals surface area contributed by atoms with Crippen LogP contribution >= 0.6 is 0 Å². The van der Waals surface area contributed by atoms with Gasteiger partial charge in [-0.2, -0.15) is 0 Å². The van der Waals surface area contributed by atoms with Crippen LogP contribution in [-0.2, 0) is 5.60 Å². The Labute approximate surface area is 102 Å². The van der Waals surface area contributed by atoms with E-state index in [0.717, 1.165) is 12.6 Å². The highest BCUT2D eigenvalue weighted by Gasteiger charge is 2.45. The van der Waals surface area contributed by atoms with E-state index in [1.54, 1.807) is 0 Å². The zero-order valence-corrected chi connectivity index (χ0v) is 10.7. The molecule has 3 N–H and O–H groups in total. The predicted molar refractivity (Wildman–Crippen MR) is 65.8 cm³/mol. The van der Waals surface area contributed by atoms with E-state index in [9.17, 15) is 9.50 Å². The standard InChI is InChI=1S/C13H21FN2O/c1-4-12(3,9-15)13(17,5-2)11-7-6-10(14)8-16-11/h6-8,17H,4-5,9,15H2,1-3H3. The lowest BCUT2D eigenvalue weighted by atomic mass is 9.68. The van der Waals surface area contributed by atoms with Crippen molar-refractivity contribution in [3.8, 4) is 0 Å². The van der Waals surface area contributed by atoms with E-state index in [1.165, 1.54) is 12.1 Å². The van der Waals surface area contributed by atoms with E-state index < -0.39 is 16.8 Å². The molecule has 0 radical (unpaired) electrons. The van der Waals surface area contributed by atoms with Crippen LogP contribution in [0.25, 0.3) is 0 Å². The second-order valence-electron chi connectivity index (χ2n) is 4.69. The average molecular weight is 240 g/mol. The van der Waals surface area contributed by atoms with E-state index in [2.05, 4.69) is 4.98 Å². The summed E-state index contributed by atoms with van der Waals surface area (Å²) in [4.78, 5) is 4.00. The number of halogens is 1. The normalized spacial score (nSPS) is 18.5. The van der Waals surface area contributed by atoms with Gasteiger partial charge in [0.2, 0.25) is 0 Å². The number of hydrogen-bond acceptors (Lipinski definition) is 3. The summed E-state index contributed by atoms with van der Waals surface area (Å²) in [6.07, 6.45) is 2.35. The molecular weight excluding hydrogens is 219 g/mol. The maximum absolute atomic E-state index is 12.9. The molecule has 0 amide bonds. The smallest absolute Gasteiger partial charge is 0.141 e. The molecule has 3 nitrogen and oxygen atoms in total. The van der Waals surface area contributed by atoms with E-state index >= 15 is 0 Å². The van der Waals surface area contributed by atoms with Crippen molar-refractivity contribution in [2.24, 2.45) is 11.1 Å². The highest BCUT2D eigenvalue weighted by Crippen LogP contribution is 2.43. The third kappa shape index (κ3) is 2.33. The Balaban J connectivity index is 3.24. The molecule has 96 valence electrons. The molecule has 0 saturated heterocycles. The average Bonchev–Trinajstić information content (AvgIpc) is 2.37. The molecule has 0 aliphatic rings. The van der Waals surface area contributed by atoms with E-state index in [-0.39, 0.29) is 0 Å². The van der Waals surface area contributed by atoms with Gasteiger partial charge in [-0.15, -0.1) is 0 Å². The van der Waals surface area contributed by atoms with Crippen molar-refractivity contribution in [1.82, 2.24) is 4.98 Å². The van der Waals surface area contributed by atoms with Crippen molar-refractivity contribution in [2.45, 2.75) is 39.2 Å². The molecule has 17 heavy (non-hydrogen) atoms. The van der Waals surface area contributed by atoms with Gasteiger partial charge >= 0.3 is 0 Å². The highest BCUT2D eigenvalue weighted by atomic mass is 19.1. The molecule has 2 unspecified atom stereocenters. The van der Waals surface area contributed by atoms with Crippen LogP contribution in [0.2, 0.25) is 0 Å². The molecule has 0 saturated carbocycles. The number of pyridine rings is 1. The first-order valence-corrected chi connectivity index (χ1v) is 5.98. The zero-order valence-electron chi connectivity index (χ0n) is 10.7. The number of nitrogens with zero attached hydrogens (tertiary/aromatic N) is 1. The molecular formula is C13H21FN2O. The fraction of sp³-hybridized carbons (Fsp3) is 0.615. The van der Waals surface area contributed by atoms with Gasteiger partial charge in [-0.3, -0.25) is 4.98 Å². The predicted octanol–water partition coefficient (Wildman–Crippen LogP) is 2.19. The summed E-state index contributed by atoms with van der Waals surface area (Å²) in [5, 5.41) is 10.8. The SMILES string of the molecule is CCC(C)(CN)C(O)(CC)c1ccc(F)cn1. The molecule has 1 aromatic rings. The van der Waals surface area contributed by atoms with Crippen molar-refractivity contribution in [3.05, 3.63) is 29.8 Å². The fourth-order valence-electron chi connectivity index (χ4n) is 2.14. The van der Waals surface area contributed by atoms with Crippen molar-refractivity contribution >= 4 is 0 Å². The van der Waals surface area contributed by atoms with Crippen molar-refractivity contribution in [3.63, 3.8) is 0 Å². The summed E-state index contributed by atoms with van der Waals surface area (Å²) >= 11 is 0. The van der Waals surface area contributed by atoms with Crippen LogP contribution in [0.4, 0.5) is 4.39 Å². The number of hydrogen-bond donors (Lipinski definition) is 2. The molecule has 0 aliphatic heterocycles. The van der Waals surface area contributed by atoms with Crippen LogP contribution in [0.5, 0.6) is 0 Å². The summed E-state index contributed by atoms with van der Waals surface area (Å²) in [5.41, 5.74) is 4.68. The molecule has 2 atom stereocenters. The minimum Gasteiger partial charge on any atom is -0.383 e. The third-order valence-corrected chi connectivity index (χ3v) is 3.89. The Morgan fingerprint density at radius 2 is 2.00 bits per heavy atom. The molecule has 0 aromatic carbocycles. The quantitative estimate of drug-likeness (QED) is 0.829. The van der Waals surface area contributed by atoms with Gasteiger partial charge in [0, 0.05) is 12.0 Å². The van der Waals surface area contributed by atoms with Crippen LogP contribution in [0.3, 0.4) is 0 Å². The lowest BCUT2D eigenvalue weighted by Crippen LogP contribution is -2.48.